The van der Waals surface area contributed by atoms with Crippen LogP contribution in [-0.4, -0.2) is 41.3 Å². The van der Waals surface area contributed by atoms with Crippen molar-refractivity contribution in [2.45, 2.75) is 18.8 Å². The van der Waals surface area contributed by atoms with Crippen LogP contribution < -0.4 is 5.32 Å². The number of para-hydroxylation sites is 1. The van der Waals surface area contributed by atoms with E-state index in [0.29, 0.717) is 24.6 Å². The van der Waals surface area contributed by atoms with Gasteiger partial charge < -0.3 is 10.2 Å². The normalized spacial score (nSPS) is 14.8. The Labute approximate surface area is 184 Å². The molecule has 0 unspecified atom stereocenters. The molecule has 5 rings (SSSR count). The Balaban J connectivity index is 1.15. The number of rotatable bonds is 4. The molecule has 1 aliphatic heterocycles. The van der Waals surface area contributed by atoms with Gasteiger partial charge in [0.15, 0.2) is 0 Å². The van der Waals surface area contributed by atoms with E-state index in [2.05, 4.69) is 11.4 Å². The highest BCUT2D eigenvalue weighted by atomic mass is 32.1. The quantitative estimate of drug-likeness (QED) is 0.516. The van der Waals surface area contributed by atoms with Crippen molar-refractivity contribution < 1.29 is 9.59 Å². The van der Waals surface area contributed by atoms with Crippen LogP contribution in [0, 0.1) is 0 Å². The largest absolute Gasteiger partial charge is 0.343 e. The highest BCUT2D eigenvalue weighted by Crippen LogP contribution is 2.33. The highest BCUT2D eigenvalue weighted by Gasteiger charge is 2.26. The van der Waals surface area contributed by atoms with Crippen LogP contribution in [-0.2, 0) is 4.79 Å². The summed E-state index contributed by atoms with van der Waals surface area (Å²) in [6, 6.07) is 21.7. The number of nitrogens with zero attached hydrogens (tertiary/aromatic N) is 2. The summed E-state index contributed by atoms with van der Waals surface area (Å²) in [5.74, 6) is 0.147. The summed E-state index contributed by atoms with van der Waals surface area (Å²) in [4.78, 5) is 31.8. The molecule has 0 atom stereocenters. The lowest BCUT2D eigenvalue weighted by atomic mass is 9.97. The molecule has 4 aromatic rings. The summed E-state index contributed by atoms with van der Waals surface area (Å²) in [5, 5.41) is 6.05. The minimum atomic E-state index is -0.219. The topological polar surface area (TPSA) is 62.3 Å². The van der Waals surface area contributed by atoms with Gasteiger partial charge in [0.25, 0.3) is 5.91 Å². The number of carbonyl (C=O) groups is 2. The van der Waals surface area contributed by atoms with Crippen LogP contribution in [0.4, 0.5) is 0 Å². The van der Waals surface area contributed by atoms with Gasteiger partial charge in [0.2, 0.25) is 5.91 Å². The van der Waals surface area contributed by atoms with Crippen LogP contribution in [0.5, 0.6) is 0 Å². The SMILES string of the molecule is O=C(NCC(=O)N1CCC(c2nc3ccccc3s2)CC1)c1ccc2ccccc2c1. The van der Waals surface area contributed by atoms with Crippen molar-refractivity contribution in [3.8, 4) is 0 Å². The first-order chi connectivity index (χ1) is 15.2. The molecule has 0 saturated carbocycles. The van der Waals surface area contributed by atoms with Crippen molar-refractivity contribution in [1.82, 2.24) is 15.2 Å². The van der Waals surface area contributed by atoms with Crippen LogP contribution in [0.2, 0.25) is 0 Å². The lowest BCUT2D eigenvalue weighted by Gasteiger charge is -2.31. The van der Waals surface area contributed by atoms with E-state index in [9.17, 15) is 9.59 Å². The summed E-state index contributed by atoms with van der Waals surface area (Å²) in [6.45, 7) is 1.42. The van der Waals surface area contributed by atoms with E-state index in [1.165, 1.54) is 4.70 Å². The molecule has 1 N–H and O–H groups in total. The molecule has 156 valence electrons. The van der Waals surface area contributed by atoms with E-state index >= 15 is 0 Å². The van der Waals surface area contributed by atoms with E-state index < -0.39 is 0 Å². The number of nitrogens with one attached hydrogen (secondary N) is 1. The molecule has 2 heterocycles. The number of piperidine rings is 1. The van der Waals surface area contributed by atoms with E-state index in [0.717, 1.165) is 34.1 Å². The van der Waals surface area contributed by atoms with Crippen molar-refractivity contribution in [2.24, 2.45) is 0 Å². The monoisotopic (exact) mass is 429 g/mol. The second kappa shape index (κ2) is 8.47. The number of hydrogen-bond acceptors (Lipinski definition) is 4. The van der Waals surface area contributed by atoms with Gasteiger partial charge in [0, 0.05) is 24.6 Å². The number of aromatic nitrogens is 1. The van der Waals surface area contributed by atoms with Gasteiger partial charge in [-0.25, -0.2) is 4.98 Å². The number of likely N-dealkylation sites (tertiary alicyclic amines) is 1. The molecule has 5 nitrogen and oxygen atoms in total. The van der Waals surface area contributed by atoms with Crippen LogP contribution in [0.15, 0.2) is 66.7 Å². The molecule has 0 spiro atoms. The molecule has 3 aromatic carbocycles. The first-order valence-electron chi connectivity index (χ1n) is 10.6. The first kappa shape index (κ1) is 19.7. The average molecular weight is 430 g/mol. The number of thiazole rings is 1. The third-order valence-corrected chi connectivity index (χ3v) is 7.12. The van der Waals surface area contributed by atoms with Gasteiger partial charge in [-0.2, -0.15) is 0 Å². The Morgan fingerprint density at radius 1 is 0.968 bits per heavy atom. The highest BCUT2D eigenvalue weighted by molar-refractivity contribution is 7.18. The Bertz CT molecular complexity index is 1220. The summed E-state index contributed by atoms with van der Waals surface area (Å²) in [7, 11) is 0. The number of hydrogen-bond donors (Lipinski definition) is 1. The number of fused-ring (bicyclic) bond motifs is 2. The fourth-order valence-corrected chi connectivity index (χ4v) is 5.28. The van der Waals surface area contributed by atoms with Gasteiger partial charge in [-0.1, -0.05) is 42.5 Å². The van der Waals surface area contributed by atoms with E-state index in [4.69, 9.17) is 4.98 Å². The third kappa shape index (κ3) is 4.16. The molecular weight excluding hydrogens is 406 g/mol. The summed E-state index contributed by atoms with van der Waals surface area (Å²) in [6.07, 6.45) is 1.81. The van der Waals surface area contributed by atoms with Gasteiger partial charge in [-0.05, 0) is 47.9 Å². The first-order valence-corrected chi connectivity index (χ1v) is 11.4. The molecule has 2 amide bonds. The van der Waals surface area contributed by atoms with E-state index in [1.54, 1.807) is 17.4 Å². The smallest absolute Gasteiger partial charge is 0.251 e. The van der Waals surface area contributed by atoms with Crippen molar-refractivity contribution in [3.63, 3.8) is 0 Å². The standard InChI is InChI=1S/C25H23N3O2S/c29-23(16-26-24(30)20-10-9-17-5-1-2-6-19(17)15-20)28-13-11-18(12-14-28)25-27-21-7-3-4-8-22(21)31-25/h1-10,15,18H,11-14,16H2,(H,26,30). The number of carbonyl (C=O) groups excluding carboxylic acids is 2. The molecule has 1 aliphatic rings. The van der Waals surface area contributed by atoms with Gasteiger partial charge in [0.1, 0.15) is 0 Å². The van der Waals surface area contributed by atoms with Crippen LogP contribution >= 0.6 is 11.3 Å². The molecule has 1 saturated heterocycles. The second-order valence-corrected chi connectivity index (χ2v) is 8.98. The molecule has 1 aromatic heterocycles. The molecule has 6 heteroatoms. The van der Waals surface area contributed by atoms with Crippen LogP contribution in [0.25, 0.3) is 21.0 Å². The van der Waals surface area contributed by atoms with E-state index in [1.807, 2.05) is 59.5 Å². The summed E-state index contributed by atoms with van der Waals surface area (Å²) in [5.41, 5.74) is 1.62. The second-order valence-electron chi connectivity index (χ2n) is 7.92. The van der Waals surface area contributed by atoms with Crippen molar-refractivity contribution in [3.05, 3.63) is 77.3 Å². The Hall–Kier alpha value is -3.25. The van der Waals surface area contributed by atoms with Gasteiger partial charge in [-0.15, -0.1) is 11.3 Å². The Morgan fingerprint density at radius 2 is 1.71 bits per heavy atom. The fourth-order valence-electron chi connectivity index (χ4n) is 4.14. The maximum atomic E-state index is 12.6. The minimum absolute atomic E-state index is 0.0253. The lowest BCUT2D eigenvalue weighted by Crippen LogP contribution is -2.43. The molecule has 0 aliphatic carbocycles. The predicted octanol–water partition coefficient (Wildman–Crippen LogP) is 4.59. The van der Waals surface area contributed by atoms with Crippen LogP contribution in [0.1, 0.15) is 34.1 Å². The predicted molar refractivity (Wildman–Crippen MR) is 124 cm³/mol. The fraction of sp³-hybridized carbons (Fsp3) is 0.240. The zero-order valence-corrected chi connectivity index (χ0v) is 17.9. The number of amides is 2. The van der Waals surface area contributed by atoms with Crippen molar-refractivity contribution in [2.75, 3.05) is 19.6 Å². The van der Waals surface area contributed by atoms with Crippen molar-refractivity contribution in [1.29, 1.82) is 0 Å². The average Bonchev–Trinajstić information content (AvgIpc) is 3.26. The molecule has 31 heavy (non-hydrogen) atoms. The molecule has 0 radical (unpaired) electrons. The van der Waals surface area contributed by atoms with Gasteiger partial charge in [0.05, 0.1) is 21.8 Å². The molecule has 1 fully saturated rings. The van der Waals surface area contributed by atoms with Gasteiger partial charge in [-0.3, -0.25) is 9.59 Å². The summed E-state index contributed by atoms with van der Waals surface area (Å²) >= 11 is 1.75. The molecule has 0 bridgehead atoms. The minimum Gasteiger partial charge on any atom is -0.343 e. The Kier molecular flexibility index (Phi) is 5.38. The van der Waals surface area contributed by atoms with Gasteiger partial charge >= 0.3 is 0 Å². The zero-order valence-electron chi connectivity index (χ0n) is 17.1. The third-order valence-electron chi connectivity index (χ3n) is 5.92. The lowest BCUT2D eigenvalue weighted by molar-refractivity contribution is -0.131. The summed E-state index contributed by atoms with van der Waals surface area (Å²) < 4.78 is 1.22. The van der Waals surface area contributed by atoms with Crippen LogP contribution in [0.3, 0.4) is 0 Å². The molecular formula is C25H23N3O2S. The number of benzene rings is 3. The van der Waals surface area contributed by atoms with E-state index in [-0.39, 0.29) is 18.4 Å². The zero-order chi connectivity index (χ0) is 21.2. The Morgan fingerprint density at radius 3 is 2.52 bits per heavy atom. The maximum Gasteiger partial charge on any atom is 0.251 e. The maximum absolute atomic E-state index is 12.6. The van der Waals surface area contributed by atoms with Crippen molar-refractivity contribution >= 4 is 44.1 Å².